The number of ketones is 4. The van der Waals surface area contributed by atoms with Gasteiger partial charge in [0, 0.05) is 5.92 Å². The summed E-state index contributed by atoms with van der Waals surface area (Å²) < 4.78 is 0. The van der Waals surface area contributed by atoms with Crippen LogP contribution in [0.2, 0.25) is 0 Å². The van der Waals surface area contributed by atoms with E-state index >= 15 is 0 Å². The summed E-state index contributed by atoms with van der Waals surface area (Å²) in [6.07, 6.45) is 4.45. The minimum Gasteiger partial charge on any atom is -0.374 e. The lowest BCUT2D eigenvalue weighted by Crippen LogP contribution is -2.49. The molecule has 0 amide bonds. The minimum atomic E-state index is -2.47. The first-order valence-electron chi connectivity index (χ1n) is 8.64. The summed E-state index contributed by atoms with van der Waals surface area (Å²) in [6, 6.07) is 0. The number of hydrogen-bond donors (Lipinski definition) is 1. The molecule has 1 saturated carbocycles. The van der Waals surface area contributed by atoms with Crippen molar-refractivity contribution in [3.63, 3.8) is 0 Å². The van der Waals surface area contributed by atoms with Crippen LogP contribution in [-0.2, 0) is 19.2 Å². The first-order valence-corrected chi connectivity index (χ1v) is 8.64. The maximum Gasteiger partial charge on any atom is 0.196 e. The maximum atomic E-state index is 12.8. The predicted octanol–water partition coefficient (Wildman–Crippen LogP) is 2.46. The van der Waals surface area contributed by atoms with Gasteiger partial charge in [0.15, 0.2) is 28.7 Å². The summed E-state index contributed by atoms with van der Waals surface area (Å²) in [5.41, 5.74) is -1.57. The van der Waals surface area contributed by atoms with Crippen LogP contribution in [0.15, 0.2) is 23.8 Å². The third-order valence-electron chi connectivity index (χ3n) is 4.39. The van der Waals surface area contributed by atoms with Crippen LogP contribution in [0.4, 0.5) is 0 Å². The van der Waals surface area contributed by atoms with Gasteiger partial charge in [-0.3, -0.25) is 19.2 Å². The Hall–Kier alpha value is -1.88. The molecule has 0 saturated heterocycles. The van der Waals surface area contributed by atoms with E-state index in [1.54, 1.807) is 26.0 Å². The number of aliphatic hydroxyl groups is 1. The van der Waals surface area contributed by atoms with Crippen molar-refractivity contribution in [3.8, 4) is 0 Å². The third kappa shape index (κ3) is 4.21. The molecule has 1 N–H and O–H groups in total. The van der Waals surface area contributed by atoms with Crippen molar-refractivity contribution in [2.75, 3.05) is 0 Å². The quantitative estimate of drug-likeness (QED) is 0.434. The largest absolute Gasteiger partial charge is 0.374 e. The summed E-state index contributed by atoms with van der Waals surface area (Å²) in [7, 11) is 0. The molecule has 0 aromatic carbocycles. The molecule has 5 heteroatoms. The molecular weight excluding hydrogens is 320 g/mol. The molecular formula is C20H28O5. The van der Waals surface area contributed by atoms with E-state index in [-0.39, 0.29) is 12.3 Å². The zero-order chi connectivity index (χ0) is 19.5. The van der Waals surface area contributed by atoms with Crippen LogP contribution in [-0.4, -0.2) is 33.8 Å². The molecule has 1 fully saturated rings. The Kier molecular flexibility index (Phi) is 6.77. The lowest BCUT2D eigenvalue weighted by molar-refractivity contribution is -0.151. The van der Waals surface area contributed by atoms with E-state index in [1.165, 1.54) is 0 Å². The first-order chi connectivity index (χ1) is 11.4. The van der Waals surface area contributed by atoms with Gasteiger partial charge in [0.2, 0.25) is 0 Å². The Bertz CT molecular complexity index is 634. The molecule has 1 rings (SSSR count). The molecule has 0 aromatic heterocycles. The average molecular weight is 348 g/mol. The molecule has 3 atom stereocenters. The second-order valence-corrected chi connectivity index (χ2v) is 7.56. The molecule has 1 aliphatic rings. The smallest absolute Gasteiger partial charge is 0.196 e. The topological polar surface area (TPSA) is 88.5 Å². The van der Waals surface area contributed by atoms with Crippen LogP contribution in [0.3, 0.4) is 0 Å². The van der Waals surface area contributed by atoms with E-state index in [0.29, 0.717) is 0 Å². The van der Waals surface area contributed by atoms with Gasteiger partial charge in [0.25, 0.3) is 0 Å². The zero-order valence-electron chi connectivity index (χ0n) is 15.8. The number of rotatable bonds is 7. The van der Waals surface area contributed by atoms with Gasteiger partial charge in [-0.15, -0.1) is 0 Å². The zero-order valence-corrected chi connectivity index (χ0v) is 15.8. The molecule has 1 aliphatic carbocycles. The predicted molar refractivity (Wildman–Crippen MR) is 94.8 cm³/mol. The van der Waals surface area contributed by atoms with Crippen molar-refractivity contribution in [1.29, 1.82) is 0 Å². The Balaban J connectivity index is 3.39. The van der Waals surface area contributed by atoms with Gasteiger partial charge in [0.05, 0.1) is 5.92 Å². The molecule has 25 heavy (non-hydrogen) atoms. The summed E-state index contributed by atoms with van der Waals surface area (Å²) in [4.78, 5) is 50.4. The molecule has 0 radical (unpaired) electrons. The second kappa shape index (κ2) is 8.00. The molecule has 0 bridgehead atoms. The Morgan fingerprint density at radius 2 is 1.72 bits per heavy atom. The fourth-order valence-electron chi connectivity index (χ4n) is 2.87. The van der Waals surface area contributed by atoms with Crippen LogP contribution in [0.25, 0.3) is 0 Å². The standard InChI is InChI=1S/C20H28O5/c1-11(2)7-9-14-18(23)16(17(22)13(5)6)19(24)20(14,25)15(21)10-8-12(3)4/h7-8,10,12-14,16,25H,9H2,1-6H3/b10-8+/t14-,16?,20?/m1/s1. The van der Waals surface area contributed by atoms with E-state index in [4.69, 9.17) is 0 Å². The lowest BCUT2D eigenvalue weighted by Gasteiger charge is -2.24. The number of carbonyl (C=O) groups excluding carboxylic acids is 4. The van der Waals surface area contributed by atoms with Gasteiger partial charge in [-0.05, 0) is 32.3 Å². The number of allylic oxidation sites excluding steroid dienone is 3. The van der Waals surface area contributed by atoms with Crippen molar-refractivity contribution >= 4 is 23.1 Å². The van der Waals surface area contributed by atoms with Gasteiger partial charge in [0.1, 0.15) is 5.92 Å². The van der Waals surface area contributed by atoms with Gasteiger partial charge in [-0.25, -0.2) is 0 Å². The molecule has 5 nitrogen and oxygen atoms in total. The van der Waals surface area contributed by atoms with E-state index in [0.717, 1.165) is 11.6 Å². The van der Waals surface area contributed by atoms with E-state index < -0.39 is 46.5 Å². The van der Waals surface area contributed by atoms with E-state index in [1.807, 2.05) is 27.7 Å². The highest BCUT2D eigenvalue weighted by Gasteiger charge is 2.64. The van der Waals surface area contributed by atoms with Crippen LogP contribution in [0.5, 0.6) is 0 Å². The monoisotopic (exact) mass is 348 g/mol. The molecule has 0 aliphatic heterocycles. The van der Waals surface area contributed by atoms with E-state index in [9.17, 15) is 24.3 Å². The Morgan fingerprint density at radius 1 is 1.16 bits per heavy atom. The third-order valence-corrected chi connectivity index (χ3v) is 4.39. The average Bonchev–Trinajstić information content (AvgIpc) is 2.69. The number of carbonyl (C=O) groups is 4. The summed E-state index contributed by atoms with van der Waals surface area (Å²) in [5, 5.41) is 10.9. The second-order valence-electron chi connectivity index (χ2n) is 7.56. The van der Waals surface area contributed by atoms with Crippen LogP contribution in [0, 0.1) is 23.7 Å². The van der Waals surface area contributed by atoms with Crippen molar-refractivity contribution < 1.29 is 24.3 Å². The SMILES string of the molecule is CC(C)=CC[C@@H]1C(=O)C(C(=O)C(C)C)C(=O)C1(O)C(=O)/C=C/C(C)C. The fraction of sp³-hybridized carbons (Fsp3) is 0.600. The maximum absolute atomic E-state index is 12.8. The fourth-order valence-corrected chi connectivity index (χ4v) is 2.87. The minimum absolute atomic E-state index is 0.0454. The molecule has 0 heterocycles. The van der Waals surface area contributed by atoms with Gasteiger partial charge < -0.3 is 5.11 Å². The van der Waals surface area contributed by atoms with Gasteiger partial charge in [-0.2, -0.15) is 0 Å². The molecule has 2 unspecified atom stereocenters. The number of hydrogen-bond acceptors (Lipinski definition) is 5. The van der Waals surface area contributed by atoms with Crippen molar-refractivity contribution in [1.82, 2.24) is 0 Å². The van der Waals surface area contributed by atoms with Crippen molar-refractivity contribution in [3.05, 3.63) is 23.8 Å². The van der Waals surface area contributed by atoms with Gasteiger partial charge in [-0.1, -0.05) is 45.4 Å². The Labute approximate surface area is 149 Å². The van der Waals surface area contributed by atoms with Crippen molar-refractivity contribution in [2.24, 2.45) is 23.7 Å². The normalized spacial score (nSPS) is 26.8. The highest BCUT2D eigenvalue weighted by atomic mass is 16.3. The highest BCUT2D eigenvalue weighted by Crippen LogP contribution is 2.39. The lowest BCUT2D eigenvalue weighted by atomic mass is 9.82. The summed E-state index contributed by atoms with van der Waals surface area (Å²) >= 11 is 0. The number of Topliss-reactive ketones (excluding diaryl/α,β-unsaturated/α-hetero) is 3. The molecule has 138 valence electrons. The van der Waals surface area contributed by atoms with Crippen LogP contribution >= 0.6 is 0 Å². The molecule has 0 spiro atoms. The molecule has 0 aromatic rings. The summed E-state index contributed by atoms with van der Waals surface area (Å²) in [6.45, 7) is 10.5. The van der Waals surface area contributed by atoms with E-state index in [2.05, 4.69) is 0 Å². The van der Waals surface area contributed by atoms with Gasteiger partial charge >= 0.3 is 0 Å². The summed E-state index contributed by atoms with van der Waals surface area (Å²) in [5.74, 6) is -6.30. The van der Waals surface area contributed by atoms with Crippen molar-refractivity contribution in [2.45, 2.75) is 53.6 Å². The Morgan fingerprint density at radius 3 is 2.16 bits per heavy atom. The highest BCUT2D eigenvalue weighted by molar-refractivity contribution is 6.35. The first kappa shape index (κ1) is 21.2. The van der Waals surface area contributed by atoms with Crippen LogP contribution in [0.1, 0.15) is 48.0 Å². The van der Waals surface area contributed by atoms with Crippen LogP contribution < -0.4 is 0 Å².